The molecule has 7 nitrogen and oxygen atoms in total. The Morgan fingerprint density at radius 3 is 2.27 bits per heavy atom. The lowest BCUT2D eigenvalue weighted by Gasteiger charge is -2.36. The Balaban J connectivity index is 1.62. The van der Waals surface area contributed by atoms with Crippen LogP contribution in [0.2, 0.25) is 0 Å². The van der Waals surface area contributed by atoms with Crippen LogP contribution < -0.4 is 10.2 Å². The summed E-state index contributed by atoms with van der Waals surface area (Å²) in [6.45, 7) is 1.17. The topological polar surface area (TPSA) is 78.7 Å². The molecular formula is C19H18F4N4O3. The highest BCUT2D eigenvalue weighted by Crippen LogP contribution is 2.39. The summed E-state index contributed by atoms with van der Waals surface area (Å²) >= 11 is 0. The normalized spacial score (nSPS) is 15.1. The second-order valence-corrected chi connectivity index (χ2v) is 6.77. The number of nitro groups is 1. The Morgan fingerprint density at radius 1 is 1.07 bits per heavy atom. The first kappa shape index (κ1) is 21.5. The van der Waals surface area contributed by atoms with Crippen molar-refractivity contribution in [3.8, 4) is 0 Å². The molecule has 0 unspecified atom stereocenters. The summed E-state index contributed by atoms with van der Waals surface area (Å²) < 4.78 is 53.1. The number of halogens is 4. The summed E-state index contributed by atoms with van der Waals surface area (Å²) in [5, 5.41) is 13.5. The van der Waals surface area contributed by atoms with Gasteiger partial charge in [-0.25, -0.2) is 4.39 Å². The Bertz CT molecular complexity index is 926. The van der Waals surface area contributed by atoms with Crippen LogP contribution in [0.1, 0.15) is 5.56 Å². The average Bonchev–Trinajstić information content (AvgIpc) is 2.69. The predicted octanol–water partition coefficient (Wildman–Crippen LogP) is 3.51. The van der Waals surface area contributed by atoms with E-state index in [9.17, 15) is 32.5 Å². The summed E-state index contributed by atoms with van der Waals surface area (Å²) in [6, 6.07) is 7.99. The maximum atomic E-state index is 13.4. The van der Waals surface area contributed by atoms with E-state index in [1.165, 1.54) is 29.2 Å². The average molecular weight is 426 g/mol. The lowest BCUT2D eigenvalue weighted by Crippen LogP contribution is -2.49. The van der Waals surface area contributed by atoms with Crippen LogP contribution in [-0.2, 0) is 11.0 Å². The van der Waals surface area contributed by atoms with Gasteiger partial charge in [0, 0.05) is 49.7 Å². The summed E-state index contributed by atoms with van der Waals surface area (Å²) in [5.41, 5.74) is -1.36. The number of alkyl halides is 3. The number of carbonyl (C=O) groups excluding carboxylic acids is 1. The van der Waals surface area contributed by atoms with E-state index in [0.717, 1.165) is 12.1 Å². The first-order chi connectivity index (χ1) is 14.1. The molecule has 1 heterocycles. The summed E-state index contributed by atoms with van der Waals surface area (Å²) in [7, 11) is 0. The molecule has 0 aliphatic carbocycles. The van der Waals surface area contributed by atoms with Gasteiger partial charge in [-0.2, -0.15) is 13.2 Å². The highest BCUT2D eigenvalue weighted by molar-refractivity contribution is 5.92. The fourth-order valence-electron chi connectivity index (χ4n) is 3.22. The van der Waals surface area contributed by atoms with Gasteiger partial charge in [0.2, 0.25) is 5.91 Å². The van der Waals surface area contributed by atoms with Gasteiger partial charge in [-0.15, -0.1) is 0 Å². The van der Waals surface area contributed by atoms with E-state index in [-0.39, 0.29) is 31.2 Å². The Hall–Kier alpha value is -3.21. The summed E-state index contributed by atoms with van der Waals surface area (Å²) in [6.07, 6.45) is -4.73. The number of hydrogen-bond acceptors (Lipinski definition) is 5. The quantitative estimate of drug-likeness (QED) is 0.450. The molecule has 1 N–H and O–H groups in total. The molecule has 0 aromatic heterocycles. The van der Waals surface area contributed by atoms with Crippen molar-refractivity contribution in [1.82, 2.24) is 4.90 Å². The van der Waals surface area contributed by atoms with Crippen LogP contribution in [0.4, 0.5) is 34.6 Å². The van der Waals surface area contributed by atoms with Crippen LogP contribution in [-0.4, -0.2) is 48.5 Å². The van der Waals surface area contributed by atoms with Gasteiger partial charge in [0.15, 0.2) is 0 Å². The SMILES string of the molecule is O=C(CN1CCN(c2ccc([N+](=O)[O-])cc2C(F)(F)F)CC1)Nc1ccc(F)cc1. The minimum atomic E-state index is -4.73. The van der Waals surface area contributed by atoms with E-state index in [1.54, 1.807) is 4.90 Å². The maximum Gasteiger partial charge on any atom is 0.418 e. The van der Waals surface area contributed by atoms with Crippen LogP contribution >= 0.6 is 0 Å². The minimum Gasteiger partial charge on any atom is -0.368 e. The van der Waals surface area contributed by atoms with Crippen LogP contribution in [0, 0.1) is 15.9 Å². The molecule has 0 atom stereocenters. The molecule has 160 valence electrons. The zero-order valence-corrected chi connectivity index (χ0v) is 15.7. The number of benzene rings is 2. The molecule has 30 heavy (non-hydrogen) atoms. The second kappa shape index (κ2) is 8.66. The number of amides is 1. The van der Waals surface area contributed by atoms with Gasteiger partial charge in [-0.05, 0) is 30.3 Å². The molecule has 3 rings (SSSR count). The Labute approximate surface area is 169 Å². The first-order valence-electron chi connectivity index (χ1n) is 9.02. The van der Waals surface area contributed by atoms with E-state index in [2.05, 4.69) is 5.32 Å². The molecule has 1 saturated heterocycles. The molecule has 2 aromatic carbocycles. The zero-order chi connectivity index (χ0) is 21.9. The van der Waals surface area contributed by atoms with Gasteiger partial charge in [0.25, 0.3) is 5.69 Å². The molecule has 1 amide bonds. The predicted molar refractivity (Wildman–Crippen MR) is 102 cm³/mol. The smallest absolute Gasteiger partial charge is 0.368 e. The van der Waals surface area contributed by atoms with Crippen LogP contribution in [0.15, 0.2) is 42.5 Å². The van der Waals surface area contributed by atoms with Crippen molar-refractivity contribution in [1.29, 1.82) is 0 Å². The highest BCUT2D eigenvalue weighted by atomic mass is 19.4. The number of non-ortho nitro benzene ring substituents is 1. The standard InChI is InChI=1S/C19H18F4N4O3/c20-13-1-3-14(4-2-13)24-18(28)12-25-7-9-26(10-8-25)17-6-5-15(27(29)30)11-16(17)19(21,22)23/h1-6,11H,7-10,12H2,(H,24,28). The van der Waals surface area contributed by atoms with E-state index < -0.39 is 28.2 Å². The van der Waals surface area contributed by atoms with Crippen molar-refractivity contribution in [3.05, 3.63) is 64.0 Å². The van der Waals surface area contributed by atoms with E-state index >= 15 is 0 Å². The number of piperazine rings is 1. The Morgan fingerprint density at radius 2 is 1.70 bits per heavy atom. The van der Waals surface area contributed by atoms with Crippen LogP contribution in [0.25, 0.3) is 0 Å². The molecule has 1 fully saturated rings. The van der Waals surface area contributed by atoms with Crippen molar-refractivity contribution >= 4 is 23.0 Å². The van der Waals surface area contributed by atoms with E-state index in [0.29, 0.717) is 24.8 Å². The zero-order valence-electron chi connectivity index (χ0n) is 15.7. The van der Waals surface area contributed by atoms with Crippen molar-refractivity contribution in [2.45, 2.75) is 6.18 Å². The van der Waals surface area contributed by atoms with Crippen LogP contribution in [0.3, 0.4) is 0 Å². The monoisotopic (exact) mass is 426 g/mol. The van der Waals surface area contributed by atoms with Gasteiger partial charge in [0.05, 0.1) is 17.0 Å². The number of rotatable bonds is 5. The molecule has 1 aliphatic heterocycles. The van der Waals surface area contributed by atoms with Gasteiger partial charge in [-0.3, -0.25) is 19.8 Å². The maximum absolute atomic E-state index is 13.4. The van der Waals surface area contributed by atoms with Crippen LogP contribution in [0.5, 0.6) is 0 Å². The number of nitrogens with zero attached hydrogens (tertiary/aromatic N) is 3. The molecule has 1 aliphatic rings. The second-order valence-electron chi connectivity index (χ2n) is 6.77. The third-order valence-corrected chi connectivity index (χ3v) is 4.70. The fraction of sp³-hybridized carbons (Fsp3) is 0.316. The lowest BCUT2D eigenvalue weighted by atomic mass is 10.1. The molecule has 11 heteroatoms. The third kappa shape index (κ3) is 5.23. The van der Waals surface area contributed by atoms with Crippen molar-refractivity contribution in [2.75, 3.05) is 42.9 Å². The summed E-state index contributed by atoms with van der Waals surface area (Å²) in [4.78, 5) is 25.4. The molecular weight excluding hydrogens is 408 g/mol. The van der Waals surface area contributed by atoms with Gasteiger partial charge in [0.1, 0.15) is 5.82 Å². The van der Waals surface area contributed by atoms with E-state index in [1.807, 2.05) is 0 Å². The first-order valence-corrected chi connectivity index (χ1v) is 9.02. The Kier molecular flexibility index (Phi) is 6.20. The highest BCUT2D eigenvalue weighted by Gasteiger charge is 2.37. The number of hydrogen-bond donors (Lipinski definition) is 1. The fourth-order valence-corrected chi connectivity index (χ4v) is 3.22. The molecule has 0 saturated carbocycles. The molecule has 0 radical (unpaired) electrons. The van der Waals surface area contributed by atoms with Gasteiger partial charge >= 0.3 is 6.18 Å². The number of nitrogens with one attached hydrogen (secondary N) is 1. The summed E-state index contributed by atoms with van der Waals surface area (Å²) in [5.74, 6) is -0.741. The largest absolute Gasteiger partial charge is 0.418 e. The molecule has 2 aromatic rings. The lowest BCUT2D eigenvalue weighted by molar-refractivity contribution is -0.385. The number of nitro benzene ring substituents is 1. The number of carbonyl (C=O) groups is 1. The van der Waals surface area contributed by atoms with E-state index in [4.69, 9.17) is 0 Å². The van der Waals surface area contributed by atoms with Crippen molar-refractivity contribution in [2.24, 2.45) is 0 Å². The third-order valence-electron chi connectivity index (χ3n) is 4.70. The number of anilines is 2. The van der Waals surface area contributed by atoms with Crippen molar-refractivity contribution < 1.29 is 27.3 Å². The molecule has 0 bridgehead atoms. The van der Waals surface area contributed by atoms with Gasteiger partial charge < -0.3 is 10.2 Å². The van der Waals surface area contributed by atoms with Gasteiger partial charge in [-0.1, -0.05) is 0 Å². The minimum absolute atomic E-state index is 0.0393. The van der Waals surface area contributed by atoms with Crippen molar-refractivity contribution in [3.63, 3.8) is 0 Å². The molecule has 0 spiro atoms.